The van der Waals surface area contributed by atoms with Crippen LogP contribution in [0, 0.1) is 6.92 Å². The van der Waals surface area contributed by atoms with Gasteiger partial charge in [-0.25, -0.2) is 4.79 Å². The third-order valence-corrected chi connectivity index (χ3v) is 4.97. The van der Waals surface area contributed by atoms with Gasteiger partial charge in [0.25, 0.3) is 0 Å². The number of aryl methyl sites for hydroxylation is 1. The number of nitrogens with one attached hydrogen (secondary N) is 1. The minimum atomic E-state index is -1.01. The summed E-state index contributed by atoms with van der Waals surface area (Å²) in [5.41, 5.74) is 2.15. The molecule has 0 aromatic heterocycles. The fourth-order valence-corrected chi connectivity index (χ4v) is 2.95. The van der Waals surface area contributed by atoms with Crippen LogP contribution in [0.5, 0.6) is 0 Å². The van der Waals surface area contributed by atoms with Gasteiger partial charge in [0.05, 0.1) is 5.25 Å². The quantitative estimate of drug-likeness (QED) is 0.636. The molecule has 0 heterocycles. The number of hydrogen-bond acceptors (Lipinski definition) is 4. The Morgan fingerprint density at radius 2 is 2.00 bits per heavy atom. The molecule has 0 aliphatic heterocycles. The van der Waals surface area contributed by atoms with E-state index in [1.54, 1.807) is 11.8 Å². The van der Waals surface area contributed by atoms with Crippen molar-refractivity contribution in [2.24, 2.45) is 0 Å². The van der Waals surface area contributed by atoms with Crippen molar-refractivity contribution in [2.75, 3.05) is 12.0 Å². The molecular formula is C16H23NO3S2. The molecule has 22 heavy (non-hydrogen) atoms. The predicted octanol–water partition coefficient (Wildman–Crippen LogP) is 2.72. The Bertz CT molecular complexity index is 522. The van der Waals surface area contributed by atoms with E-state index >= 15 is 0 Å². The number of thiol groups is 1. The third kappa shape index (κ3) is 5.25. The number of aliphatic carboxylic acids is 1. The predicted molar refractivity (Wildman–Crippen MR) is 94.9 cm³/mol. The topological polar surface area (TPSA) is 66.4 Å². The normalized spacial score (nSPS) is 14.9. The van der Waals surface area contributed by atoms with Gasteiger partial charge in [0.15, 0.2) is 0 Å². The number of amides is 1. The Labute approximate surface area is 141 Å². The van der Waals surface area contributed by atoms with Crippen molar-refractivity contribution < 1.29 is 14.7 Å². The Hall–Kier alpha value is -1.14. The molecule has 1 aromatic rings. The largest absolute Gasteiger partial charge is 0.480 e. The molecule has 2 unspecified atom stereocenters. The van der Waals surface area contributed by atoms with Gasteiger partial charge in [-0.1, -0.05) is 31.2 Å². The zero-order valence-electron chi connectivity index (χ0n) is 13.1. The molecule has 1 amide bonds. The molecule has 1 rings (SSSR count). The summed E-state index contributed by atoms with van der Waals surface area (Å²) in [7, 11) is 0. The van der Waals surface area contributed by atoms with Crippen LogP contribution >= 0.6 is 24.4 Å². The molecule has 0 radical (unpaired) electrons. The van der Waals surface area contributed by atoms with Crippen LogP contribution in [-0.4, -0.2) is 40.3 Å². The SMILES string of the molecule is CSCC[C@H](NC(=O)C(S)C(C)c1ccccc1C)C(=O)O. The molecule has 0 aliphatic carbocycles. The van der Waals surface area contributed by atoms with Gasteiger partial charge in [-0.3, -0.25) is 4.79 Å². The molecule has 0 aliphatic rings. The molecule has 122 valence electrons. The Kier molecular flexibility index (Phi) is 7.82. The fraction of sp³-hybridized carbons (Fsp3) is 0.500. The molecule has 0 saturated heterocycles. The van der Waals surface area contributed by atoms with Crippen molar-refractivity contribution in [3.63, 3.8) is 0 Å². The van der Waals surface area contributed by atoms with Gasteiger partial charge < -0.3 is 10.4 Å². The van der Waals surface area contributed by atoms with E-state index in [0.717, 1.165) is 11.1 Å². The average Bonchev–Trinajstić information content (AvgIpc) is 2.49. The van der Waals surface area contributed by atoms with Crippen LogP contribution in [0.25, 0.3) is 0 Å². The number of hydrogen-bond donors (Lipinski definition) is 3. The first-order valence-electron chi connectivity index (χ1n) is 7.14. The first-order valence-corrected chi connectivity index (χ1v) is 9.05. The first-order chi connectivity index (χ1) is 10.4. The summed E-state index contributed by atoms with van der Waals surface area (Å²) >= 11 is 5.96. The maximum Gasteiger partial charge on any atom is 0.326 e. The van der Waals surface area contributed by atoms with Gasteiger partial charge >= 0.3 is 5.97 Å². The van der Waals surface area contributed by atoms with Crippen molar-refractivity contribution in [1.82, 2.24) is 5.32 Å². The number of thioether (sulfide) groups is 1. The zero-order valence-corrected chi connectivity index (χ0v) is 14.8. The lowest BCUT2D eigenvalue weighted by molar-refractivity contribution is -0.141. The van der Waals surface area contributed by atoms with E-state index in [-0.39, 0.29) is 11.8 Å². The minimum absolute atomic E-state index is 0.0977. The summed E-state index contributed by atoms with van der Waals surface area (Å²) in [6.45, 7) is 3.92. The monoisotopic (exact) mass is 341 g/mol. The molecule has 0 saturated carbocycles. The van der Waals surface area contributed by atoms with E-state index in [9.17, 15) is 14.7 Å². The molecule has 0 bridgehead atoms. The van der Waals surface area contributed by atoms with E-state index in [2.05, 4.69) is 17.9 Å². The summed E-state index contributed by atoms with van der Waals surface area (Å²) < 4.78 is 0. The molecule has 0 spiro atoms. The second kappa shape index (κ2) is 9.10. The van der Waals surface area contributed by atoms with Gasteiger partial charge in [-0.2, -0.15) is 24.4 Å². The van der Waals surface area contributed by atoms with E-state index in [1.165, 1.54) is 0 Å². The van der Waals surface area contributed by atoms with Gasteiger partial charge in [-0.05, 0) is 36.5 Å². The van der Waals surface area contributed by atoms with Gasteiger partial charge in [-0.15, -0.1) is 0 Å². The summed E-state index contributed by atoms with van der Waals surface area (Å²) in [5.74, 6) is -0.763. The lowest BCUT2D eigenvalue weighted by Crippen LogP contribution is -2.45. The molecule has 0 fully saturated rings. The lowest BCUT2D eigenvalue weighted by Gasteiger charge is -2.23. The van der Waals surface area contributed by atoms with E-state index < -0.39 is 17.3 Å². The molecule has 4 nitrogen and oxygen atoms in total. The highest BCUT2D eigenvalue weighted by atomic mass is 32.2. The van der Waals surface area contributed by atoms with Crippen molar-refractivity contribution in [3.05, 3.63) is 35.4 Å². The summed E-state index contributed by atoms with van der Waals surface area (Å²) in [5, 5.41) is 11.2. The number of carbonyl (C=O) groups excluding carboxylic acids is 1. The highest BCUT2D eigenvalue weighted by molar-refractivity contribution is 7.98. The molecule has 6 heteroatoms. The van der Waals surface area contributed by atoms with E-state index in [4.69, 9.17) is 0 Å². The van der Waals surface area contributed by atoms with Gasteiger partial charge in [0.2, 0.25) is 5.91 Å². The van der Waals surface area contributed by atoms with Gasteiger partial charge in [0, 0.05) is 5.92 Å². The van der Waals surface area contributed by atoms with Crippen LogP contribution in [0.15, 0.2) is 24.3 Å². The van der Waals surface area contributed by atoms with Crippen molar-refractivity contribution in [1.29, 1.82) is 0 Å². The fourth-order valence-electron chi connectivity index (χ4n) is 2.25. The van der Waals surface area contributed by atoms with Crippen molar-refractivity contribution in [3.8, 4) is 0 Å². The van der Waals surface area contributed by atoms with Crippen LogP contribution in [0.2, 0.25) is 0 Å². The van der Waals surface area contributed by atoms with Crippen molar-refractivity contribution >= 4 is 36.3 Å². The summed E-state index contributed by atoms with van der Waals surface area (Å²) in [6.07, 6.45) is 2.31. The van der Waals surface area contributed by atoms with Crippen LogP contribution in [0.4, 0.5) is 0 Å². The van der Waals surface area contributed by atoms with Gasteiger partial charge in [0.1, 0.15) is 6.04 Å². The molecule has 1 aromatic carbocycles. The smallest absolute Gasteiger partial charge is 0.326 e. The second-order valence-electron chi connectivity index (χ2n) is 5.27. The molecular weight excluding hydrogens is 318 g/mol. The number of benzene rings is 1. The number of carbonyl (C=O) groups is 2. The average molecular weight is 341 g/mol. The minimum Gasteiger partial charge on any atom is -0.480 e. The Morgan fingerprint density at radius 1 is 1.36 bits per heavy atom. The standard InChI is InChI=1S/C16H23NO3S2/c1-10-6-4-5-7-12(10)11(2)14(21)15(18)17-13(16(19)20)8-9-22-3/h4-7,11,13-14,21H,8-9H2,1-3H3,(H,17,18)(H,19,20)/t11?,13-,14?/m0/s1. The van der Waals surface area contributed by atoms with Crippen LogP contribution in [0.1, 0.15) is 30.4 Å². The lowest BCUT2D eigenvalue weighted by atomic mass is 9.93. The van der Waals surface area contributed by atoms with E-state index in [0.29, 0.717) is 12.2 Å². The van der Waals surface area contributed by atoms with Crippen LogP contribution < -0.4 is 5.32 Å². The summed E-state index contributed by atoms with van der Waals surface area (Å²) in [4.78, 5) is 23.5. The second-order valence-corrected chi connectivity index (χ2v) is 6.81. The zero-order chi connectivity index (χ0) is 16.7. The van der Waals surface area contributed by atoms with E-state index in [1.807, 2.05) is 44.4 Å². The van der Waals surface area contributed by atoms with Crippen LogP contribution in [0.3, 0.4) is 0 Å². The Balaban J connectivity index is 2.75. The third-order valence-electron chi connectivity index (χ3n) is 3.65. The molecule has 3 atom stereocenters. The van der Waals surface area contributed by atoms with Crippen molar-refractivity contribution in [2.45, 2.75) is 37.5 Å². The van der Waals surface area contributed by atoms with Crippen LogP contribution in [-0.2, 0) is 9.59 Å². The molecule has 2 N–H and O–H groups in total. The maximum absolute atomic E-state index is 12.3. The number of carboxylic acids is 1. The number of rotatable bonds is 8. The maximum atomic E-state index is 12.3. The summed E-state index contributed by atoms with van der Waals surface area (Å²) in [6, 6.07) is 6.97. The number of carboxylic acid groups (broad SMARTS) is 1. The highest BCUT2D eigenvalue weighted by Gasteiger charge is 2.27. The highest BCUT2D eigenvalue weighted by Crippen LogP contribution is 2.26. The first kappa shape index (κ1) is 18.9. The Morgan fingerprint density at radius 3 is 2.55 bits per heavy atom.